The van der Waals surface area contributed by atoms with E-state index < -0.39 is 6.04 Å². The van der Waals surface area contributed by atoms with E-state index in [1.165, 1.54) is 10.8 Å². The lowest BCUT2D eigenvalue weighted by Crippen LogP contribution is -2.10. The zero-order valence-corrected chi connectivity index (χ0v) is 30.4. The summed E-state index contributed by atoms with van der Waals surface area (Å²) in [5.74, 6) is 0. The molecule has 0 N–H and O–H groups in total. The largest absolute Gasteiger partial charge is 0.310 e. The fraction of sp³-hybridized carbons (Fsp3) is 0. The zero-order chi connectivity index (χ0) is 41.6. The van der Waals surface area contributed by atoms with E-state index in [2.05, 4.69) is 179 Å². The highest BCUT2D eigenvalue weighted by Gasteiger charge is 2.18. The van der Waals surface area contributed by atoms with Gasteiger partial charge in [-0.3, -0.25) is 0 Å². The van der Waals surface area contributed by atoms with E-state index in [1.807, 2.05) is 30.3 Å². The smallest absolute Gasteiger partial charge is 0.0629 e. The molecule has 0 saturated heterocycles. The van der Waals surface area contributed by atoms with Crippen LogP contribution in [0.1, 0.15) is 6.85 Å². The Kier molecular flexibility index (Phi) is 7.24. The number of anilines is 3. The van der Waals surface area contributed by atoms with E-state index in [9.17, 15) is 0 Å². The summed E-state index contributed by atoms with van der Waals surface area (Å²) in [5, 5.41) is 2.41. The first-order valence-electron chi connectivity index (χ1n) is 21.3. The van der Waals surface area contributed by atoms with Crippen LogP contribution in [0.25, 0.3) is 72.0 Å². The lowest BCUT2D eigenvalue weighted by atomic mass is 9.98. The molecule has 0 spiro atoms. The summed E-state index contributed by atoms with van der Waals surface area (Å²) >= 11 is 0. The fourth-order valence-electron chi connectivity index (χ4n) is 7.84. The van der Waals surface area contributed by atoms with Gasteiger partial charge in [0.05, 0.1) is 17.9 Å². The van der Waals surface area contributed by atoms with Crippen LogP contribution < -0.4 is 4.90 Å². The first kappa shape index (κ1) is 28.1. The van der Waals surface area contributed by atoms with E-state index in [1.54, 1.807) is 0 Å². The van der Waals surface area contributed by atoms with Gasteiger partial charge in [-0.05, 0) is 105 Å². The van der Waals surface area contributed by atoms with Gasteiger partial charge in [-0.25, -0.2) is 0 Å². The van der Waals surface area contributed by atoms with Crippen LogP contribution in [0.3, 0.4) is 0 Å². The first-order chi connectivity index (χ1) is 29.9. The van der Waals surface area contributed by atoms with Crippen molar-refractivity contribution in [2.75, 3.05) is 4.90 Å². The van der Waals surface area contributed by atoms with Crippen LogP contribution in [0.4, 0.5) is 17.1 Å². The van der Waals surface area contributed by atoms with E-state index in [0.717, 1.165) is 67.2 Å². The SMILES string of the molecule is [2H]c1c([2H])c([2H])c(-c2ccc(-c3ccc(N(c4ccc(-c5ccccc5)cc4)c4cccc(-c5cccc6c5c5ccccc5n6-c5ccccc5)c4)cc3)cc2)c([2H])c1[2H]. The normalized spacial score (nSPS) is 12.5. The van der Waals surface area contributed by atoms with E-state index in [-0.39, 0.29) is 29.7 Å². The quantitative estimate of drug-likeness (QED) is 0.152. The van der Waals surface area contributed by atoms with Gasteiger partial charge in [-0.2, -0.15) is 0 Å². The highest BCUT2D eigenvalue weighted by molar-refractivity contribution is 6.16. The number of rotatable bonds is 8. The highest BCUT2D eigenvalue weighted by Crippen LogP contribution is 2.42. The monoisotopic (exact) mass is 719 g/mol. The third-order valence-electron chi connectivity index (χ3n) is 10.5. The third kappa shape index (κ3) is 6.14. The molecule has 0 aliphatic heterocycles. The van der Waals surface area contributed by atoms with Crippen LogP contribution >= 0.6 is 0 Å². The number of hydrogen-bond donors (Lipinski definition) is 0. The summed E-state index contributed by atoms with van der Waals surface area (Å²) in [5.41, 5.74) is 13.7. The Morgan fingerprint density at radius 3 is 1.52 bits per heavy atom. The maximum absolute atomic E-state index is 8.44. The van der Waals surface area contributed by atoms with Crippen molar-refractivity contribution in [3.05, 3.63) is 230 Å². The minimum Gasteiger partial charge on any atom is -0.310 e. The van der Waals surface area contributed by atoms with Gasteiger partial charge in [0, 0.05) is 33.5 Å². The second-order valence-corrected chi connectivity index (χ2v) is 13.8. The summed E-state index contributed by atoms with van der Waals surface area (Å²) in [6.07, 6.45) is 0. The van der Waals surface area contributed by atoms with Crippen molar-refractivity contribution in [1.29, 1.82) is 0 Å². The number of aromatic nitrogens is 1. The van der Waals surface area contributed by atoms with Crippen LogP contribution in [-0.4, -0.2) is 4.57 Å². The first-order valence-corrected chi connectivity index (χ1v) is 18.8. The molecule has 56 heavy (non-hydrogen) atoms. The molecule has 0 unspecified atom stereocenters. The Morgan fingerprint density at radius 1 is 0.357 bits per heavy atom. The number of para-hydroxylation sites is 2. The van der Waals surface area contributed by atoms with Crippen molar-refractivity contribution in [3.63, 3.8) is 0 Å². The van der Waals surface area contributed by atoms with Crippen LogP contribution in [0.15, 0.2) is 230 Å². The molecule has 0 radical (unpaired) electrons. The van der Waals surface area contributed by atoms with E-state index >= 15 is 0 Å². The van der Waals surface area contributed by atoms with Gasteiger partial charge >= 0.3 is 0 Å². The Labute approximate surface area is 334 Å². The van der Waals surface area contributed by atoms with Gasteiger partial charge in [0.25, 0.3) is 0 Å². The lowest BCUT2D eigenvalue weighted by molar-refractivity contribution is 1.18. The van der Waals surface area contributed by atoms with E-state index in [0.29, 0.717) is 5.56 Å². The average molecular weight is 720 g/mol. The van der Waals surface area contributed by atoms with Crippen molar-refractivity contribution in [2.24, 2.45) is 0 Å². The predicted octanol–water partition coefficient (Wildman–Crippen LogP) is 14.9. The minimum atomic E-state index is -0.395. The summed E-state index contributed by atoms with van der Waals surface area (Å²) in [4.78, 5) is 2.29. The van der Waals surface area contributed by atoms with Gasteiger partial charge in [0.2, 0.25) is 0 Å². The van der Waals surface area contributed by atoms with Gasteiger partial charge in [0.1, 0.15) is 0 Å². The Bertz CT molecular complexity index is 3190. The molecule has 0 saturated carbocycles. The van der Waals surface area contributed by atoms with Crippen molar-refractivity contribution >= 4 is 38.9 Å². The average Bonchev–Trinajstić information content (AvgIpc) is 3.66. The predicted molar refractivity (Wildman–Crippen MR) is 237 cm³/mol. The highest BCUT2D eigenvalue weighted by atomic mass is 15.1. The summed E-state index contributed by atoms with van der Waals surface area (Å²) in [6, 6.07) is 68.1. The number of fused-ring (bicyclic) bond motifs is 3. The zero-order valence-electron chi connectivity index (χ0n) is 35.4. The molecule has 2 nitrogen and oxygen atoms in total. The molecule has 10 rings (SSSR count). The summed E-state index contributed by atoms with van der Waals surface area (Å²) in [6.45, 7) is 0. The molecular formula is C54H38N2. The van der Waals surface area contributed by atoms with Gasteiger partial charge in [-0.1, -0.05) is 170 Å². The lowest BCUT2D eigenvalue weighted by Gasteiger charge is -2.26. The topological polar surface area (TPSA) is 8.17 Å². The van der Waals surface area contributed by atoms with Crippen molar-refractivity contribution in [2.45, 2.75) is 0 Å². The maximum Gasteiger partial charge on any atom is 0.0629 e. The molecule has 264 valence electrons. The molecule has 0 amide bonds. The Balaban J connectivity index is 1.06. The minimum absolute atomic E-state index is 0.197. The van der Waals surface area contributed by atoms with Crippen molar-refractivity contribution < 1.29 is 6.85 Å². The second kappa shape index (κ2) is 14.4. The molecule has 1 aromatic heterocycles. The molecule has 0 aliphatic carbocycles. The van der Waals surface area contributed by atoms with Gasteiger partial charge in [0.15, 0.2) is 0 Å². The third-order valence-corrected chi connectivity index (χ3v) is 10.5. The van der Waals surface area contributed by atoms with Gasteiger partial charge in [-0.15, -0.1) is 0 Å². The van der Waals surface area contributed by atoms with Crippen LogP contribution in [0.2, 0.25) is 0 Å². The van der Waals surface area contributed by atoms with Crippen molar-refractivity contribution in [1.82, 2.24) is 4.57 Å². The Morgan fingerprint density at radius 2 is 0.857 bits per heavy atom. The molecule has 2 heteroatoms. The second-order valence-electron chi connectivity index (χ2n) is 13.8. The van der Waals surface area contributed by atoms with Crippen LogP contribution in [0.5, 0.6) is 0 Å². The number of hydrogen-bond acceptors (Lipinski definition) is 1. The summed E-state index contributed by atoms with van der Waals surface area (Å²) in [7, 11) is 0. The molecule has 0 bridgehead atoms. The maximum atomic E-state index is 8.44. The molecule has 0 fully saturated rings. The fourth-order valence-corrected chi connectivity index (χ4v) is 7.84. The molecule has 10 aromatic rings. The number of nitrogens with zero attached hydrogens (tertiary/aromatic N) is 2. The molecule has 9 aromatic carbocycles. The van der Waals surface area contributed by atoms with Crippen molar-refractivity contribution in [3.8, 4) is 50.2 Å². The van der Waals surface area contributed by atoms with Crippen LogP contribution in [-0.2, 0) is 0 Å². The Hall–Kier alpha value is -7.42. The molecular weight excluding hydrogens is 677 g/mol. The molecule has 1 heterocycles. The van der Waals surface area contributed by atoms with Crippen LogP contribution in [0, 0.1) is 0 Å². The number of benzene rings is 9. The summed E-state index contributed by atoms with van der Waals surface area (Å²) < 4.78 is 43.5. The van der Waals surface area contributed by atoms with Gasteiger partial charge < -0.3 is 9.47 Å². The molecule has 0 aliphatic rings. The van der Waals surface area contributed by atoms with E-state index in [4.69, 9.17) is 6.85 Å². The standard InChI is InChI=1S/C54H38N2/c1-4-14-39(15-5-1)41-26-28-42(29-27-41)44-32-36-48(37-33-44)55(47-34-30-43(31-35-47)40-16-6-2-7-17-40)49-21-12-18-45(38-49)50-23-13-25-53-54(50)51-22-10-11-24-52(51)56(53)46-19-8-3-9-20-46/h1-38H/i1D,4D,5D,14D,15D. The molecule has 0 atom stereocenters.